The Hall–Kier alpha value is -2.35. The molecule has 3 N–H and O–H groups in total. The second-order valence-corrected chi connectivity index (χ2v) is 3.77. The molecule has 1 rings (SSSR count). The first-order valence-corrected chi connectivity index (χ1v) is 5.59. The number of carbonyl (C=O) groups is 2. The molecule has 0 fully saturated rings. The molecule has 1 atom stereocenters. The molecule has 0 aromatic carbocycles. The van der Waals surface area contributed by atoms with E-state index in [-0.39, 0.29) is 5.91 Å². The number of nitrogens with two attached hydrogens (primary N) is 1. The largest absolute Gasteiger partial charge is 0.368 e. The van der Waals surface area contributed by atoms with Gasteiger partial charge >= 0.3 is 0 Å². The highest BCUT2D eigenvalue weighted by molar-refractivity contribution is 5.96. The van der Waals surface area contributed by atoms with Crippen molar-refractivity contribution in [3.8, 4) is 12.3 Å². The van der Waals surface area contributed by atoms with Crippen LogP contribution in [-0.4, -0.2) is 22.8 Å². The van der Waals surface area contributed by atoms with E-state index in [4.69, 9.17) is 12.2 Å². The SMILES string of the molecule is C#CCCC[C@@H](NC(=O)c1cccnc1)C(N)=O. The van der Waals surface area contributed by atoms with Crippen LogP contribution in [-0.2, 0) is 4.79 Å². The first kappa shape index (κ1) is 13.7. The summed E-state index contributed by atoms with van der Waals surface area (Å²) in [6.45, 7) is 0. The predicted octanol–water partition coefficient (Wildman–Crippen LogP) is 0.469. The van der Waals surface area contributed by atoms with Crippen LogP contribution in [0.1, 0.15) is 29.6 Å². The van der Waals surface area contributed by atoms with Crippen LogP contribution < -0.4 is 11.1 Å². The standard InChI is InChI=1S/C13H15N3O2/c1-2-3-4-7-11(12(14)17)16-13(18)10-6-5-8-15-9-10/h1,5-6,8-9,11H,3-4,7H2,(H2,14,17)(H,16,18)/t11-/m1/s1. The van der Waals surface area contributed by atoms with Gasteiger partial charge in [-0.2, -0.15) is 0 Å². The number of nitrogens with zero attached hydrogens (tertiary/aromatic N) is 1. The van der Waals surface area contributed by atoms with Crippen LogP contribution in [0.25, 0.3) is 0 Å². The van der Waals surface area contributed by atoms with Gasteiger partial charge in [0.25, 0.3) is 5.91 Å². The molecule has 0 aliphatic rings. The Labute approximate surface area is 106 Å². The maximum absolute atomic E-state index is 11.8. The molecule has 5 nitrogen and oxygen atoms in total. The van der Waals surface area contributed by atoms with Crippen molar-refractivity contribution in [3.63, 3.8) is 0 Å². The number of primary amides is 1. The average molecular weight is 245 g/mol. The summed E-state index contributed by atoms with van der Waals surface area (Å²) in [6, 6.07) is 2.56. The van der Waals surface area contributed by atoms with Gasteiger partial charge in [0.1, 0.15) is 6.04 Å². The molecule has 0 bridgehead atoms. The van der Waals surface area contributed by atoms with Gasteiger partial charge in [0, 0.05) is 18.8 Å². The van der Waals surface area contributed by atoms with Gasteiger partial charge in [-0.15, -0.1) is 12.3 Å². The first-order valence-electron chi connectivity index (χ1n) is 5.59. The molecule has 18 heavy (non-hydrogen) atoms. The van der Waals surface area contributed by atoms with Crippen LogP contribution in [0.4, 0.5) is 0 Å². The summed E-state index contributed by atoms with van der Waals surface area (Å²) < 4.78 is 0. The van der Waals surface area contributed by atoms with Gasteiger partial charge in [0.05, 0.1) is 5.56 Å². The third kappa shape index (κ3) is 4.26. The number of pyridine rings is 1. The minimum absolute atomic E-state index is 0.368. The van der Waals surface area contributed by atoms with Crippen LogP contribution in [0.2, 0.25) is 0 Å². The maximum Gasteiger partial charge on any atom is 0.253 e. The molecule has 1 aromatic heterocycles. The number of amides is 2. The third-order valence-corrected chi connectivity index (χ3v) is 2.39. The van der Waals surface area contributed by atoms with E-state index in [1.807, 2.05) is 0 Å². The Kier molecular flexibility index (Phi) is 5.39. The van der Waals surface area contributed by atoms with Gasteiger partial charge in [-0.05, 0) is 25.0 Å². The van der Waals surface area contributed by atoms with E-state index < -0.39 is 11.9 Å². The second kappa shape index (κ2) is 7.07. The van der Waals surface area contributed by atoms with Crippen molar-refractivity contribution >= 4 is 11.8 Å². The zero-order valence-corrected chi connectivity index (χ0v) is 9.93. The highest BCUT2D eigenvalue weighted by Gasteiger charge is 2.18. The Balaban J connectivity index is 2.59. The summed E-state index contributed by atoms with van der Waals surface area (Å²) in [5, 5.41) is 2.57. The monoisotopic (exact) mass is 245 g/mol. The zero-order valence-electron chi connectivity index (χ0n) is 9.93. The van der Waals surface area contributed by atoms with Crippen LogP contribution in [0.5, 0.6) is 0 Å². The Morgan fingerprint density at radius 1 is 1.56 bits per heavy atom. The van der Waals surface area contributed by atoms with Crippen LogP contribution in [0.3, 0.4) is 0 Å². The van der Waals surface area contributed by atoms with E-state index in [1.54, 1.807) is 18.3 Å². The number of hydrogen-bond donors (Lipinski definition) is 2. The normalized spacial score (nSPS) is 11.3. The van der Waals surface area contributed by atoms with Crippen LogP contribution in [0.15, 0.2) is 24.5 Å². The van der Waals surface area contributed by atoms with Crippen molar-refractivity contribution in [1.82, 2.24) is 10.3 Å². The molecule has 0 aliphatic heterocycles. The Morgan fingerprint density at radius 2 is 2.33 bits per heavy atom. The van der Waals surface area contributed by atoms with Gasteiger partial charge in [0.15, 0.2) is 0 Å². The summed E-state index contributed by atoms with van der Waals surface area (Å²) in [7, 11) is 0. The number of rotatable bonds is 6. The number of hydrogen-bond acceptors (Lipinski definition) is 3. The van der Waals surface area contributed by atoms with E-state index in [2.05, 4.69) is 16.2 Å². The average Bonchev–Trinajstić information content (AvgIpc) is 2.38. The summed E-state index contributed by atoms with van der Waals surface area (Å²) in [5.74, 6) is 1.54. The molecule has 1 heterocycles. The van der Waals surface area contributed by atoms with Gasteiger partial charge in [-0.25, -0.2) is 0 Å². The van der Waals surface area contributed by atoms with Gasteiger partial charge in [-0.1, -0.05) is 0 Å². The summed E-state index contributed by atoms with van der Waals surface area (Å²) in [5.41, 5.74) is 5.61. The second-order valence-electron chi connectivity index (χ2n) is 3.77. The molecular formula is C13H15N3O2. The fraction of sp³-hybridized carbons (Fsp3) is 0.308. The molecule has 0 aliphatic carbocycles. The summed E-state index contributed by atoms with van der Waals surface area (Å²) >= 11 is 0. The van der Waals surface area contributed by atoms with Gasteiger partial charge in [0.2, 0.25) is 5.91 Å². The fourth-order valence-electron chi connectivity index (χ4n) is 1.43. The van der Waals surface area contributed by atoms with E-state index in [1.165, 1.54) is 6.20 Å². The minimum Gasteiger partial charge on any atom is -0.368 e. The smallest absolute Gasteiger partial charge is 0.253 e. The summed E-state index contributed by atoms with van der Waals surface area (Å²) in [4.78, 5) is 26.8. The molecule has 0 saturated carbocycles. The highest BCUT2D eigenvalue weighted by Crippen LogP contribution is 2.02. The van der Waals surface area contributed by atoms with Crippen molar-refractivity contribution < 1.29 is 9.59 Å². The molecule has 0 radical (unpaired) electrons. The number of unbranched alkanes of at least 4 members (excludes halogenated alkanes) is 1. The van der Waals surface area contributed by atoms with Crippen molar-refractivity contribution in [3.05, 3.63) is 30.1 Å². The third-order valence-electron chi connectivity index (χ3n) is 2.39. The number of aromatic nitrogens is 1. The van der Waals surface area contributed by atoms with Crippen molar-refractivity contribution in [2.75, 3.05) is 0 Å². The quantitative estimate of drug-likeness (QED) is 0.564. The molecule has 2 amide bonds. The highest BCUT2D eigenvalue weighted by atomic mass is 16.2. The fourth-order valence-corrected chi connectivity index (χ4v) is 1.43. The minimum atomic E-state index is -0.703. The molecular weight excluding hydrogens is 230 g/mol. The van der Waals surface area contributed by atoms with Gasteiger partial charge < -0.3 is 11.1 Å². The number of carbonyl (C=O) groups excluding carboxylic acids is 2. The number of nitrogens with one attached hydrogen (secondary N) is 1. The lowest BCUT2D eigenvalue weighted by Gasteiger charge is -2.14. The van der Waals surface area contributed by atoms with Crippen molar-refractivity contribution in [1.29, 1.82) is 0 Å². The molecule has 1 aromatic rings. The lowest BCUT2D eigenvalue weighted by Crippen LogP contribution is -2.44. The Morgan fingerprint density at radius 3 is 2.89 bits per heavy atom. The molecule has 0 spiro atoms. The first-order chi connectivity index (χ1) is 8.65. The van der Waals surface area contributed by atoms with E-state index in [9.17, 15) is 9.59 Å². The van der Waals surface area contributed by atoms with Gasteiger partial charge in [-0.3, -0.25) is 14.6 Å². The van der Waals surface area contributed by atoms with E-state index in [0.29, 0.717) is 24.8 Å². The van der Waals surface area contributed by atoms with Crippen LogP contribution >= 0.6 is 0 Å². The molecule has 0 saturated heterocycles. The lowest BCUT2D eigenvalue weighted by atomic mass is 10.1. The number of terminal acetylenes is 1. The van der Waals surface area contributed by atoms with E-state index in [0.717, 1.165) is 0 Å². The van der Waals surface area contributed by atoms with E-state index >= 15 is 0 Å². The predicted molar refractivity (Wildman–Crippen MR) is 67.4 cm³/mol. The van der Waals surface area contributed by atoms with Crippen LogP contribution in [0, 0.1) is 12.3 Å². The molecule has 5 heteroatoms. The summed E-state index contributed by atoms with van der Waals surface area (Å²) in [6.07, 6.45) is 9.73. The Bertz CT molecular complexity index is 451. The van der Waals surface area contributed by atoms with Crippen molar-refractivity contribution in [2.45, 2.75) is 25.3 Å². The topological polar surface area (TPSA) is 85.1 Å². The van der Waals surface area contributed by atoms with Crippen molar-refractivity contribution in [2.24, 2.45) is 5.73 Å². The lowest BCUT2D eigenvalue weighted by molar-refractivity contribution is -0.120. The molecule has 94 valence electrons. The zero-order chi connectivity index (χ0) is 13.4. The maximum atomic E-state index is 11.8. The molecule has 0 unspecified atom stereocenters.